The van der Waals surface area contributed by atoms with Crippen LogP contribution in [0.25, 0.3) is 0 Å². The molecule has 21 heavy (non-hydrogen) atoms. The molecule has 0 saturated carbocycles. The first-order valence-corrected chi connectivity index (χ1v) is 7.64. The van der Waals surface area contributed by atoms with Gasteiger partial charge in [0.1, 0.15) is 18.5 Å². The fourth-order valence-electron chi connectivity index (χ4n) is 2.00. The molecule has 0 aliphatic carbocycles. The Kier molecular flexibility index (Phi) is 7.72. The van der Waals surface area contributed by atoms with Gasteiger partial charge in [-0.1, -0.05) is 12.1 Å². The van der Waals surface area contributed by atoms with Crippen LogP contribution in [0.3, 0.4) is 0 Å². The van der Waals surface area contributed by atoms with Crippen molar-refractivity contribution in [3.8, 4) is 5.75 Å². The molecule has 0 bridgehead atoms. The van der Waals surface area contributed by atoms with Crippen LogP contribution in [0, 0.1) is 13.8 Å². The number of aliphatic hydroxyl groups excluding tert-OH is 1. The first-order valence-electron chi connectivity index (χ1n) is 7.64. The highest BCUT2D eigenvalue weighted by Gasteiger charge is 2.09. The lowest BCUT2D eigenvalue weighted by atomic mass is 10.1. The monoisotopic (exact) mass is 294 g/mol. The zero-order valence-electron chi connectivity index (χ0n) is 14.0. The van der Waals surface area contributed by atoms with Crippen molar-refractivity contribution in [3.05, 3.63) is 29.3 Å². The number of ether oxygens (including phenoxy) is 1. The summed E-state index contributed by atoms with van der Waals surface area (Å²) in [6.07, 6.45) is 0.573. The van der Waals surface area contributed by atoms with E-state index in [0.29, 0.717) is 19.2 Å². The zero-order valence-corrected chi connectivity index (χ0v) is 14.0. The van der Waals surface area contributed by atoms with Gasteiger partial charge >= 0.3 is 0 Å². The molecule has 120 valence electrons. The molecule has 2 unspecified atom stereocenters. The van der Waals surface area contributed by atoms with Crippen LogP contribution in [0.4, 0.5) is 0 Å². The maximum atomic E-state index is 10.00. The predicted molar refractivity (Wildman–Crippen MR) is 88.1 cm³/mol. The molecule has 0 aliphatic heterocycles. The first-order chi connectivity index (χ1) is 9.88. The Balaban J connectivity index is 2.27. The van der Waals surface area contributed by atoms with Gasteiger partial charge in [-0.2, -0.15) is 0 Å². The largest absolute Gasteiger partial charge is 0.491 e. The van der Waals surface area contributed by atoms with Crippen LogP contribution in [0.15, 0.2) is 18.2 Å². The van der Waals surface area contributed by atoms with Gasteiger partial charge in [0.2, 0.25) is 0 Å². The number of nitrogens with one attached hydrogen (secondary N) is 1. The molecule has 0 amide bonds. The average Bonchev–Trinajstić information content (AvgIpc) is 2.43. The molecule has 2 N–H and O–H groups in total. The van der Waals surface area contributed by atoms with Crippen LogP contribution in [0.5, 0.6) is 5.75 Å². The highest BCUT2D eigenvalue weighted by atomic mass is 16.5. The molecule has 0 heterocycles. The normalized spacial score (nSPS) is 14.2. The van der Waals surface area contributed by atoms with Crippen LogP contribution < -0.4 is 10.1 Å². The second-order valence-electron chi connectivity index (χ2n) is 6.14. The summed E-state index contributed by atoms with van der Waals surface area (Å²) in [6, 6.07) is 6.50. The molecule has 0 spiro atoms. The van der Waals surface area contributed by atoms with Crippen LogP contribution >= 0.6 is 0 Å². The second-order valence-corrected chi connectivity index (χ2v) is 6.14. The van der Waals surface area contributed by atoms with Crippen molar-refractivity contribution in [1.29, 1.82) is 0 Å². The topological polar surface area (TPSA) is 44.7 Å². The highest BCUT2D eigenvalue weighted by Crippen LogP contribution is 2.19. The van der Waals surface area contributed by atoms with E-state index in [4.69, 9.17) is 4.74 Å². The highest BCUT2D eigenvalue weighted by molar-refractivity contribution is 5.35. The zero-order chi connectivity index (χ0) is 15.8. The fourth-order valence-corrected chi connectivity index (χ4v) is 2.00. The molecule has 0 fully saturated rings. The third kappa shape index (κ3) is 7.46. The van der Waals surface area contributed by atoms with E-state index in [1.165, 1.54) is 5.56 Å². The second kappa shape index (κ2) is 9.03. The van der Waals surface area contributed by atoms with E-state index < -0.39 is 6.10 Å². The Morgan fingerprint density at radius 1 is 1.29 bits per heavy atom. The van der Waals surface area contributed by atoms with Crippen molar-refractivity contribution >= 4 is 0 Å². The Hall–Kier alpha value is -1.10. The Labute approximate surface area is 129 Å². The standard InChI is InChI=1S/C17H30N2O2/c1-13-6-7-14(2)17(10-13)21-12-16(20)11-18-15(3)8-9-19(4)5/h6-7,10,15-16,18,20H,8-9,11-12H2,1-5H3. The van der Waals surface area contributed by atoms with Crippen molar-refractivity contribution in [3.63, 3.8) is 0 Å². The summed E-state index contributed by atoms with van der Waals surface area (Å²) in [4.78, 5) is 2.16. The summed E-state index contributed by atoms with van der Waals surface area (Å²) in [7, 11) is 4.14. The minimum absolute atomic E-state index is 0.317. The van der Waals surface area contributed by atoms with E-state index in [2.05, 4.69) is 37.3 Å². The van der Waals surface area contributed by atoms with Gasteiger partial charge in [-0.3, -0.25) is 0 Å². The molecule has 0 aromatic heterocycles. The molecule has 1 aromatic rings. The Morgan fingerprint density at radius 2 is 2.00 bits per heavy atom. The van der Waals surface area contributed by atoms with Crippen molar-refractivity contribution in [1.82, 2.24) is 10.2 Å². The summed E-state index contributed by atoms with van der Waals surface area (Å²) in [5, 5.41) is 13.3. The molecule has 1 aromatic carbocycles. The summed E-state index contributed by atoms with van der Waals surface area (Å²) < 4.78 is 5.71. The smallest absolute Gasteiger partial charge is 0.122 e. The number of rotatable bonds is 9. The van der Waals surface area contributed by atoms with Crippen molar-refractivity contribution in [2.75, 3.05) is 33.8 Å². The van der Waals surface area contributed by atoms with Crippen LogP contribution in [0.1, 0.15) is 24.5 Å². The minimum atomic E-state index is -0.494. The molecule has 2 atom stereocenters. The maximum absolute atomic E-state index is 10.00. The summed E-state index contributed by atoms with van der Waals surface area (Å²) in [5.41, 5.74) is 2.26. The molecular weight excluding hydrogens is 264 g/mol. The lowest BCUT2D eigenvalue weighted by Crippen LogP contribution is -2.37. The van der Waals surface area contributed by atoms with E-state index in [1.54, 1.807) is 0 Å². The molecule has 0 radical (unpaired) electrons. The quantitative estimate of drug-likeness (QED) is 0.731. The Morgan fingerprint density at radius 3 is 2.67 bits per heavy atom. The van der Waals surface area contributed by atoms with Gasteiger partial charge in [0.15, 0.2) is 0 Å². The van der Waals surface area contributed by atoms with E-state index >= 15 is 0 Å². The van der Waals surface area contributed by atoms with Gasteiger partial charge in [-0.05, 0) is 65.0 Å². The van der Waals surface area contributed by atoms with E-state index in [9.17, 15) is 5.11 Å². The number of hydrogen-bond acceptors (Lipinski definition) is 4. The van der Waals surface area contributed by atoms with Crippen molar-refractivity contribution in [2.45, 2.75) is 39.3 Å². The third-order valence-electron chi connectivity index (χ3n) is 3.49. The first kappa shape index (κ1) is 18.0. The van der Waals surface area contributed by atoms with Crippen molar-refractivity contribution in [2.24, 2.45) is 0 Å². The van der Waals surface area contributed by atoms with Gasteiger partial charge < -0.3 is 20.1 Å². The van der Waals surface area contributed by atoms with Gasteiger partial charge in [0, 0.05) is 12.6 Å². The predicted octanol–water partition coefficient (Wildman–Crippen LogP) is 1.97. The molecule has 4 heteroatoms. The molecular formula is C17H30N2O2. The number of benzene rings is 1. The number of aliphatic hydroxyl groups is 1. The van der Waals surface area contributed by atoms with Crippen LogP contribution in [-0.2, 0) is 0 Å². The van der Waals surface area contributed by atoms with E-state index in [0.717, 1.165) is 24.3 Å². The minimum Gasteiger partial charge on any atom is -0.491 e. The summed E-state index contributed by atoms with van der Waals surface area (Å²) in [6.45, 7) is 8.11. The van der Waals surface area contributed by atoms with E-state index in [-0.39, 0.29) is 0 Å². The summed E-state index contributed by atoms with van der Waals surface area (Å²) in [5.74, 6) is 0.856. The molecule has 4 nitrogen and oxygen atoms in total. The van der Waals surface area contributed by atoms with Gasteiger partial charge in [0.25, 0.3) is 0 Å². The van der Waals surface area contributed by atoms with Crippen molar-refractivity contribution < 1.29 is 9.84 Å². The lowest BCUT2D eigenvalue weighted by Gasteiger charge is -2.19. The molecule has 0 aliphatic rings. The van der Waals surface area contributed by atoms with E-state index in [1.807, 2.05) is 26.0 Å². The average molecular weight is 294 g/mol. The maximum Gasteiger partial charge on any atom is 0.122 e. The van der Waals surface area contributed by atoms with Crippen LogP contribution in [-0.4, -0.2) is 55.9 Å². The number of aryl methyl sites for hydroxylation is 2. The van der Waals surface area contributed by atoms with Crippen LogP contribution in [0.2, 0.25) is 0 Å². The molecule has 1 rings (SSSR count). The fraction of sp³-hybridized carbons (Fsp3) is 0.647. The van der Waals surface area contributed by atoms with Gasteiger partial charge in [-0.25, -0.2) is 0 Å². The van der Waals surface area contributed by atoms with Gasteiger partial charge in [-0.15, -0.1) is 0 Å². The third-order valence-corrected chi connectivity index (χ3v) is 3.49. The number of hydrogen-bond donors (Lipinski definition) is 2. The Bertz CT molecular complexity index is 421. The SMILES string of the molecule is Cc1ccc(C)c(OCC(O)CNC(C)CCN(C)C)c1. The number of nitrogens with zero attached hydrogens (tertiary/aromatic N) is 1. The summed E-state index contributed by atoms with van der Waals surface area (Å²) >= 11 is 0. The lowest BCUT2D eigenvalue weighted by molar-refractivity contribution is 0.103. The van der Waals surface area contributed by atoms with Gasteiger partial charge in [0.05, 0.1) is 0 Å². The molecule has 0 saturated heterocycles.